The summed E-state index contributed by atoms with van der Waals surface area (Å²) in [5, 5.41) is 5.57. The van der Waals surface area contributed by atoms with Crippen molar-refractivity contribution >= 4 is 11.8 Å². The molecule has 0 saturated carbocycles. The molecule has 1 saturated heterocycles. The van der Waals surface area contributed by atoms with Crippen molar-refractivity contribution in [1.29, 1.82) is 0 Å². The number of imide groups is 1. The van der Waals surface area contributed by atoms with E-state index in [4.69, 9.17) is 0 Å². The van der Waals surface area contributed by atoms with Crippen molar-refractivity contribution in [3.05, 3.63) is 0 Å². The maximum atomic E-state index is 11.5. The van der Waals surface area contributed by atoms with Gasteiger partial charge in [0.1, 0.15) is 0 Å². The number of carbonyl (C=O) groups excluding carboxylic acids is 2. The lowest BCUT2D eigenvalue weighted by Crippen LogP contribution is -2.40. The molecule has 118 valence electrons. The highest BCUT2D eigenvalue weighted by Crippen LogP contribution is 2.19. The summed E-state index contributed by atoms with van der Waals surface area (Å²) in [7, 11) is 1.99. The third kappa shape index (κ3) is 9.08. The first-order valence-corrected chi connectivity index (χ1v) is 8.22. The van der Waals surface area contributed by atoms with E-state index in [2.05, 4.69) is 10.6 Å². The van der Waals surface area contributed by atoms with Gasteiger partial charge in [-0.1, -0.05) is 46.0 Å². The van der Waals surface area contributed by atoms with Crippen LogP contribution in [-0.4, -0.2) is 25.4 Å². The lowest BCUT2D eigenvalue weighted by Gasteiger charge is -2.20. The Labute approximate surface area is 124 Å². The number of hydrogen-bond donors (Lipinski definition) is 2. The van der Waals surface area contributed by atoms with Gasteiger partial charge in [-0.3, -0.25) is 14.9 Å². The van der Waals surface area contributed by atoms with Crippen LogP contribution in [0.2, 0.25) is 0 Å². The molecule has 4 heteroatoms. The number of unbranched alkanes of at least 4 members (excludes halogenated alkanes) is 5. The van der Waals surface area contributed by atoms with Gasteiger partial charge in [-0.2, -0.15) is 0 Å². The summed E-state index contributed by atoms with van der Waals surface area (Å²) in [5.74, 6) is -0.0898. The summed E-state index contributed by atoms with van der Waals surface area (Å²) in [5.41, 5.74) is 0. The van der Waals surface area contributed by atoms with Gasteiger partial charge < -0.3 is 5.32 Å². The summed E-state index contributed by atoms with van der Waals surface area (Å²) in [4.78, 5) is 22.5. The molecule has 0 spiro atoms. The number of hydrogen-bond acceptors (Lipinski definition) is 3. The van der Waals surface area contributed by atoms with Crippen molar-refractivity contribution in [3.8, 4) is 0 Å². The van der Waals surface area contributed by atoms with Crippen LogP contribution >= 0.6 is 0 Å². The molecule has 4 nitrogen and oxygen atoms in total. The van der Waals surface area contributed by atoms with E-state index in [0.717, 1.165) is 25.8 Å². The average molecular weight is 284 g/mol. The van der Waals surface area contributed by atoms with Gasteiger partial charge in [0.2, 0.25) is 11.8 Å². The maximum absolute atomic E-state index is 11.5. The Morgan fingerprint density at radius 1 is 1.05 bits per heavy atom. The molecule has 1 unspecified atom stereocenters. The summed E-state index contributed by atoms with van der Waals surface area (Å²) >= 11 is 0. The van der Waals surface area contributed by atoms with E-state index in [-0.39, 0.29) is 17.7 Å². The predicted molar refractivity (Wildman–Crippen MR) is 83.5 cm³/mol. The second-order valence-corrected chi connectivity index (χ2v) is 5.16. The minimum Gasteiger partial charge on any atom is -0.320 e. The summed E-state index contributed by atoms with van der Waals surface area (Å²) in [6.07, 6.45) is 9.61. The molecule has 1 aliphatic heterocycles. The Hall–Kier alpha value is -0.900. The predicted octanol–water partition coefficient (Wildman–Crippen LogP) is 3.02. The highest BCUT2D eigenvalue weighted by Gasteiger charge is 2.25. The molecule has 1 atom stereocenters. The van der Waals surface area contributed by atoms with Gasteiger partial charge in [-0.15, -0.1) is 0 Å². The topological polar surface area (TPSA) is 58.2 Å². The zero-order chi connectivity index (χ0) is 15.2. The van der Waals surface area contributed by atoms with Gasteiger partial charge in [-0.05, 0) is 32.9 Å². The summed E-state index contributed by atoms with van der Waals surface area (Å²) < 4.78 is 0. The fourth-order valence-electron chi connectivity index (χ4n) is 2.41. The normalized spacial score (nSPS) is 18.2. The molecule has 1 aliphatic rings. The number of carbonyl (C=O) groups is 2. The zero-order valence-corrected chi connectivity index (χ0v) is 13.5. The number of rotatable bonds is 9. The Kier molecular flexibility index (Phi) is 12.5. The van der Waals surface area contributed by atoms with Gasteiger partial charge in [0.15, 0.2) is 0 Å². The van der Waals surface area contributed by atoms with Gasteiger partial charge in [0.05, 0.1) is 0 Å². The Morgan fingerprint density at radius 2 is 1.65 bits per heavy atom. The summed E-state index contributed by atoms with van der Waals surface area (Å²) in [6.45, 7) is 5.11. The van der Waals surface area contributed by atoms with Crippen molar-refractivity contribution in [2.45, 2.75) is 71.6 Å². The van der Waals surface area contributed by atoms with Gasteiger partial charge in [-0.25, -0.2) is 0 Å². The molecule has 0 aromatic carbocycles. The highest BCUT2D eigenvalue weighted by atomic mass is 16.2. The van der Waals surface area contributed by atoms with Gasteiger partial charge >= 0.3 is 0 Å². The largest absolute Gasteiger partial charge is 0.320 e. The highest BCUT2D eigenvalue weighted by molar-refractivity contribution is 5.98. The molecular weight excluding hydrogens is 252 g/mol. The van der Waals surface area contributed by atoms with Crippen LogP contribution in [-0.2, 0) is 9.59 Å². The van der Waals surface area contributed by atoms with E-state index in [1.165, 1.54) is 32.1 Å². The molecule has 0 bridgehead atoms. The molecule has 1 fully saturated rings. The monoisotopic (exact) mass is 284 g/mol. The number of nitrogens with one attached hydrogen (secondary N) is 2. The third-order valence-electron chi connectivity index (χ3n) is 3.58. The van der Waals surface area contributed by atoms with Crippen molar-refractivity contribution in [1.82, 2.24) is 10.6 Å². The molecular formula is C16H32N2O2. The number of piperidine rings is 1. The van der Waals surface area contributed by atoms with Crippen molar-refractivity contribution in [2.75, 3.05) is 13.6 Å². The Bertz CT molecular complexity index is 267. The van der Waals surface area contributed by atoms with E-state index in [1.54, 1.807) is 0 Å². The van der Waals surface area contributed by atoms with Crippen LogP contribution < -0.4 is 10.6 Å². The first-order valence-electron chi connectivity index (χ1n) is 8.22. The molecule has 0 aromatic heterocycles. The lowest BCUT2D eigenvalue weighted by atomic mass is 9.92. The van der Waals surface area contributed by atoms with E-state index < -0.39 is 0 Å². The van der Waals surface area contributed by atoms with Crippen LogP contribution in [0.3, 0.4) is 0 Å². The first-order chi connectivity index (χ1) is 9.74. The van der Waals surface area contributed by atoms with Gasteiger partial charge in [0.25, 0.3) is 0 Å². The van der Waals surface area contributed by atoms with Crippen LogP contribution in [0.1, 0.15) is 71.6 Å². The minimum absolute atomic E-state index is 0.0553. The molecule has 2 N–H and O–H groups in total. The van der Waals surface area contributed by atoms with Crippen LogP contribution in [0.15, 0.2) is 0 Å². The molecule has 1 rings (SSSR count). The van der Waals surface area contributed by atoms with Crippen molar-refractivity contribution in [3.63, 3.8) is 0 Å². The molecule has 2 amide bonds. The molecule has 0 aliphatic carbocycles. The Morgan fingerprint density at radius 3 is 2.25 bits per heavy atom. The van der Waals surface area contributed by atoms with E-state index in [0.29, 0.717) is 6.42 Å². The minimum atomic E-state index is -0.110. The smallest absolute Gasteiger partial charge is 0.229 e. The quantitative estimate of drug-likeness (QED) is 0.505. The summed E-state index contributed by atoms with van der Waals surface area (Å²) in [6, 6.07) is 0. The second kappa shape index (κ2) is 13.1. The lowest BCUT2D eigenvalue weighted by molar-refractivity contribution is -0.136. The van der Waals surface area contributed by atoms with Crippen LogP contribution in [0.4, 0.5) is 0 Å². The van der Waals surface area contributed by atoms with Gasteiger partial charge in [0, 0.05) is 12.3 Å². The molecule has 0 aromatic rings. The van der Waals surface area contributed by atoms with E-state index >= 15 is 0 Å². The number of amides is 2. The Balaban J connectivity index is 0.00000172. The SMILES string of the molecule is CC.CNCCCCCCCCC1CCC(=O)NC1=O. The molecule has 0 radical (unpaired) electrons. The van der Waals surface area contributed by atoms with Crippen LogP contribution in [0, 0.1) is 5.92 Å². The van der Waals surface area contributed by atoms with Crippen LogP contribution in [0.25, 0.3) is 0 Å². The third-order valence-corrected chi connectivity index (χ3v) is 3.58. The standard InChI is InChI=1S/C14H26N2O2.C2H6/c1-15-11-7-5-3-2-4-6-8-12-9-10-13(17)16-14(12)18;1-2/h12,15H,2-11H2,1H3,(H,16,17,18);1-2H3. The van der Waals surface area contributed by atoms with E-state index in [9.17, 15) is 9.59 Å². The van der Waals surface area contributed by atoms with Crippen molar-refractivity contribution in [2.24, 2.45) is 5.92 Å². The molecule has 1 heterocycles. The zero-order valence-electron chi connectivity index (χ0n) is 13.5. The fourth-order valence-corrected chi connectivity index (χ4v) is 2.41. The van der Waals surface area contributed by atoms with E-state index in [1.807, 2.05) is 20.9 Å². The fraction of sp³-hybridized carbons (Fsp3) is 0.875. The second-order valence-electron chi connectivity index (χ2n) is 5.16. The van der Waals surface area contributed by atoms with Crippen LogP contribution in [0.5, 0.6) is 0 Å². The average Bonchev–Trinajstić information content (AvgIpc) is 2.46. The maximum Gasteiger partial charge on any atom is 0.229 e. The first kappa shape index (κ1) is 19.1. The molecule has 20 heavy (non-hydrogen) atoms. The van der Waals surface area contributed by atoms with Crippen molar-refractivity contribution < 1.29 is 9.59 Å².